The number of aryl methyl sites for hydroxylation is 2. The van der Waals surface area contributed by atoms with Gasteiger partial charge in [0.15, 0.2) is 5.75 Å². The minimum absolute atomic E-state index is 0.0424. The number of para-hydroxylation sites is 1. The quantitative estimate of drug-likeness (QED) is 0.652. The van der Waals surface area contributed by atoms with Crippen LogP contribution in [-0.4, -0.2) is 38.6 Å². The molecule has 0 fully saturated rings. The topological polar surface area (TPSA) is 72.6 Å². The molecule has 4 rings (SSSR count). The van der Waals surface area contributed by atoms with Gasteiger partial charge in [-0.25, -0.2) is 9.50 Å². The number of carbonyl (C=O) groups is 1. The van der Waals surface area contributed by atoms with E-state index in [1.807, 2.05) is 0 Å². The molecule has 140 valence electrons. The SMILES string of the molecule is Cc1cc(C)n2nc(C(=O)N3CCOc4c3cccc4C(F)(F)F)nc2n1. The van der Waals surface area contributed by atoms with Crippen molar-refractivity contribution >= 4 is 17.4 Å². The summed E-state index contributed by atoms with van der Waals surface area (Å²) >= 11 is 0. The smallest absolute Gasteiger partial charge is 0.420 e. The fourth-order valence-electron chi connectivity index (χ4n) is 3.06. The van der Waals surface area contributed by atoms with Crippen LogP contribution in [0.2, 0.25) is 0 Å². The average molecular weight is 377 g/mol. The van der Waals surface area contributed by atoms with Crippen molar-refractivity contribution in [2.75, 3.05) is 18.1 Å². The molecule has 3 aromatic rings. The maximum Gasteiger partial charge on any atom is 0.420 e. The molecule has 0 bridgehead atoms. The van der Waals surface area contributed by atoms with Crippen molar-refractivity contribution in [3.63, 3.8) is 0 Å². The second-order valence-electron chi connectivity index (χ2n) is 6.14. The number of nitrogens with zero attached hydrogens (tertiary/aromatic N) is 5. The predicted octanol–water partition coefficient (Wildman–Crippen LogP) is 2.80. The second-order valence-corrected chi connectivity index (χ2v) is 6.14. The molecule has 1 aliphatic rings. The van der Waals surface area contributed by atoms with E-state index in [0.29, 0.717) is 0 Å². The first kappa shape index (κ1) is 17.3. The second kappa shape index (κ2) is 5.93. The van der Waals surface area contributed by atoms with Crippen LogP contribution in [0.3, 0.4) is 0 Å². The lowest BCUT2D eigenvalue weighted by Gasteiger charge is -2.30. The number of anilines is 1. The Morgan fingerprint density at radius 1 is 1.22 bits per heavy atom. The van der Waals surface area contributed by atoms with Crippen LogP contribution in [0.1, 0.15) is 27.6 Å². The fraction of sp³-hybridized carbons (Fsp3) is 0.294. The molecule has 0 atom stereocenters. The van der Waals surface area contributed by atoms with Gasteiger partial charge in [-0.1, -0.05) is 6.07 Å². The van der Waals surface area contributed by atoms with Crippen LogP contribution < -0.4 is 9.64 Å². The van der Waals surface area contributed by atoms with E-state index in [2.05, 4.69) is 15.1 Å². The number of hydrogen-bond acceptors (Lipinski definition) is 5. The Kier molecular flexibility index (Phi) is 3.79. The van der Waals surface area contributed by atoms with Crippen molar-refractivity contribution in [2.24, 2.45) is 0 Å². The van der Waals surface area contributed by atoms with Crippen LogP contribution in [0.15, 0.2) is 24.3 Å². The summed E-state index contributed by atoms with van der Waals surface area (Å²) in [5.41, 5.74) is 0.582. The zero-order chi connectivity index (χ0) is 19.3. The molecule has 0 saturated heterocycles. The highest BCUT2D eigenvalue weighted by molar-refractivity contribution is 6.05. The molecule has 0 unspecified atom stereocenters. The molecular weight excluding hydrogens is 363 g/mol. The Hall–Kier alpha value is -3.17. The average Bonchev–Trinajstić information content (AvgIpc) is 3.03. The normalized spacial score (nSPS) is 14.2. The minimum atomic E-state index is -4.59. The van der Waals surface area contributed by atoms with Crippen molar-refractivity contribution < 1.29 is 22.7 Å². The molecule has 0 spiro atoms. The summed E-state index contributed by atoms with van der Waals surface area (Å²) in [4.78, 5) is 22.5. The maximum absolute atomic E-state index is 13.2. The molecule has 1 aromatic carbocycles. The summed E-state index contributed by atoms with van der Waals surface area (Å²) in [6.07, 6.45) is -4.59. The standard InChI is InChI=1S/C17H14F3N5O2/c1-9-8-10(2)25-16(21-9)22-14(23-25)15(26)24-6-7-27-13-11(17(18,19)20)4-3-5-12(13)24/h3-5,8H,6-7H2,1-2H3. The first-order valence-electron chi connectivity index (χ1n) is 8.11. The molecule has 2 aromatic heterocycles. The van der Waals surface area contributed by atoms with Gasteiger partial charge in [-0.05, 0) is 32.0 Å². The van der Waals surface area contributed by atoms with Crippen LogP contribution in [0.25, 0.3) is 5.78 Å². The number of hydrogen-bond donors (Lipinski definition) is 0. The molecule has 0 aliphatic carbocycles. The van der Waals surface area contributed by atoms with Crippen LogP contribution >= 0.6 is 0 Å². The van der Waals surface area contributed by atoms with Crippen LogP contribution in [0.5, 0.6) is 5.75 Å². The van der Waals surface area contributed by atoms with E-state index >= 15 is 0 Å². The van der Waals surface area contributed by atoms with Crippen molar-refractivity contribution in [2.45, 2.75) is 20.0 Å². The summed E-state index contributed by atoms with van der Waals surface area (Å²) in [6, 6.07) is 5.36. The molecular formula is C17H14F3N5O2. The van der Waals surface area contributed by atoms with E-state index in [4.69, 9.17) is 4.74 Å². The van der Waals surface area contributed by atoms with E-state index in [-0.39, 0.29) is 36.2 Å². The zero-order valence-electron chi connectivity index (χ0n) is 14.4. The Bertz CT molecular complexity index is 1060. The van der Waals surface area contributed by atoms with Crippen LogP contribution in [0, 0.1) is 13.8 Å². The van der Waals surface area contributed by atoms with Gasteiger partial charge in [0.1, 0.15) is 6.61 Å². The molecule has 0 N–H and O–H groups in total. The molecule has 0 radical (unpaired) electrons. The van der Waals surface area contributed by atoms with Gasteiger partial charge >= 0.3 is 6.18 Å². The van der Waals surface area contributed by atoms with Crippen molar-refractivity contribution in [3.05, 3.63) is 47.0 Å². The van der Waals surface area contributed by atoms with E-state index in [1.54, 1.807) is 19.9 Å². The minimum Gasteiger partial charge on any atom is -0.489 e. The van der Waals surface area contributed by atoms with E-state index < -0.39 is 17.6 Å². The highest BCUT2D eigenvalue weighted by atomic mass is 19.4. The summed E-state index contributed by atoms with van der Waals surface area (Å²) in [5.74, 6) is -0.852. The van der Waals surface area contributed by atoms with E-state index in [1.165, 1.54) is 21.5 Å². The Labute approximate surface area is 151 Å². The number of fused-ring (bicyclic) bond motifs is 2. The molecule has 7 nitrogen and oxygen atoms in total. The summed E-state index contributed by atoms with van der Waals surface area (Å²) in [7, 11) is 0. The number of halogens is 3. The molecule has 3 heterocycles. The first-order valence-corrected chi connectivity index (χ1v) is 8.11. The third-order valence-corrected chi connectivity index (χ3v) is 4.21. The maximum atomic E-state index is 13.2. The number of amides is 1. The lowest BCUT2D eigenvalue weighted by atomic mass is 10.1. The summed E-state index contributed by atoms with van der Waals surface area (Å²) in [5, 5.41) is 4.16. The van der Waals surface area contributed by atoms with E-state index in [0.717, 1.165) is 17.5 Å². The Morgan fingerprint density at radius 2 is 2.00 bits per heavy atom. The third kappa shape index (κ3) is 2.86. The lowest BCUT2D eigenvalue weighted by Crippen LogP contribution is -2.39. The number of alkyl halides is 3. The van der Waals surface area contributed by atoms with E-state index in [9.17, 15) is 18.0 Å². The van der Waals surface area contributed by atoms with Crippen molar-refractivity contribution in [3.8, 4) is 5.75 Å². The van der Waals surface area contributed by atoms with Gasteiger partial charge < -0.3 is 4.74 Å². The number of ether oxygens (including phenoxy) is 1. The van der Waals surface area contributed by atoms with Gasteiger partial charge in [-0.15, -0.1) is 5.10 Å². The van der Waals surface area contributed by atoms with Gasteiger partial charge in [0, 0.05) is 11.4 Å². The Morgan fingerprint density at radius 3 is 2.74 bits per heavy atom. The van der Waals surface area contributed by atoms with Gasteiger partial charge in [-0.3, -0.25) is 9.69 Å². The highest BCUT2D eigenvalue weighted by Crippen LogP contribution is 2.43. The monoisotopic (exact) mass is 377 g/mol. The fourth-order valence-corrected chi connectivity index (χ4v) is 3.06. The molecule has 1 aliphatic heterocycles. The zero-order valence-corrected chi connectivity index (χ0v) is 14.4. The molecule has 1 amide bonds. The van der Waals surface area contributed by atoms with Crippen LogP contribution in [-0.2, 0) is 6.18 Å². The molecule has 0 saturated carbocycles. The lowest BCUT2D eigenvalue weighted by molar-refractivity contribution is -0.139. The Balaban J connectivity index is 1.78. The van der Waals surface area contributed by atoms with Gasteiger partial charge in [-0.2, -0.15) is 18.2 Å². The number of aromatic nitrogens is 4. The van der Waals surface area contributed by atoms with Crippen molar-refractivity contribution in [1.82, 2.24) is 19.6 Å². The number of benzene rings is 1. The van der Waals surface area contributed by atoms with Gasteiger partial charge in [0.05, 0.1) is 17.8 Å². The van der Waals surface area contributed by atoms with Gasteiger partial charge in [0.25, 0.3) is 11.7 Å². The highest BCUT2D eigenvalue weighted by Gasteiger charge is 2.38. The molecule has 10 heteroatoms. The predicted molar refractivity (Wildman–Crippen MR) is 88.9 cm³/mol. The first-order chi connectivity index (χ1) is 12.8. The molecule has 27 heavy (non-hydrogen) atoms. The van der Waals surface area contributed by atoms with Gasteiger partial charge in [0.2, 0.25) is 5.82 Å². The van der Waals surface area contributed by atoms with Crippen molar-refractivity contribution in [1.29, 1.82) is 0 Å². The summed E-state index contributed by atoms with van der Waals surface area (Å²) in [6.45, 7) is 3.62. The third-order valence-electron chi connectivity index (χ3n) is 4.21. The summed E-state index contributed by atoms with van der Waals surface area (Å²) < 4.78 is 46.3. The number of rotatable bonds is 1. The largest absolute Gasteiger partial charge is 0.489 e. The number of carbonyl (C=O) groups excluding carboxylic acids is 1. The van der Waals surface area contributed by atoms with Crippen LogP contribution in [0.4, 0.5) is 18.9 Å².